The molecule has 2 N–H and O–H groups in total. The van der Waals surface area contributed by atoms with Gasteiger partial charge in [0.15, 0.2) is 0 Å². The monoisotopic (exact) mass is 549 g/mol. The van der Waals surface area contributed by atoms with Gasteiger partial charge >= 0.3 is 12.1 Å². The number of rotatable bonds is 8. The molecule has 0 saturated carbocycles. The van der Waals surface area contributed by atoms with Gasteiger partial charge in [-0.2, -0.15) is 13.2 Å². The summed E-state index contributed by atoms with van der Waals surface area (Å²) in [7, 11) is 0. The summed E-state index contributed by atoms with van der Waals surface area (Å²) in [5.74, 6) is -2.74. The number of carbonyl (C=O) groups excluding carboxylic acids is 3. The lowest BCUT2D eigenvalue weighted by Crippen LogP contribution is -2.33. The Morgan fingerprint density at radius 1 is 1.05 bits per heavy atom. The Hall–Kier alpha value is -4.45. The van der Waals surface area contributed by atoms with Gasteiger partial charge in [-0.1, -0.05) is 41.9 Å². The van der Waals surface area contributed by atoms with Crippen LogP contribution in [-0.4, -0.2) is 29.3 Å². The van der Waals surface area contributed by atoms with Crippen LogP contribution in [0.3, 0.4) is 0 Å². The van der Waals surface area contributed by atoms with Crippen molar-refractivity contribution in [2.24, 2.45) is 0 Å². The molecule has 0 aliphatic rings. The van der Waals surface area contributed by atoms with E-state index in [1.54, 1.807) is 18.2 Å². The van der Waals surface area contributed by atoms with Gasteiger partial charge in [-0.15, -0.1) is 0 Å². The Bertz CT molecular complexity index is 1380. The summed E-state index contributed by atoms with van der Waals surface area (Å²) >= 11 is 5.95. The molecular weight excluding hydrogens is 531 g/mol. The van der Waals surface area contributed by atoms with Crippen molar-refractivity contribution in [3.05, 3.63) is 104 Å². The molecule has 2 amide bonds. The second-order valence-corrected chi connectivity index (χ2v) is 8.31. The number of ether oxygens (including phenoxy) is 1. The standard InChI is InChI=1S/C25H19ClF3N3O6/c1-14-11-16(7-10-20(14)32(36)37)23(34)30-13-21(33)38-22(15-5-3-2-4-6-15)24(35)31-19-12-17(25(27,28)29)8-9-18(19)26/h2-12,22H,13H2,1H3,(H,30,34)(H,31,35)/t22-/m1/s1. The molecule has 0 unspecified atom stereocenters. The minimum atomic E-state index is -4.68. The van der Waals surface area contributed by atoms with Gasteiger partial charge in [0.2, 0.25) is 6.10 Å². The van der Waals surface area contributed by atoms with E-state index in [9.17, 15) is 37.7 Å². The summed E-state index contributed by atoms with van der Waals surface area (Å²) in [6, 6.07) is 13.7. The summed E-state index contributed by atoms with van der Waals surface area (Å²) in [5, 5.41) is 15.3. The Morgan fingerprint density at radius 3 is 2.34 bits per heavy atom. The first-order valence-electron chi connectivity index (χ1n) is 10.8. The molecule has 0 aliphatic heterocycles. The van der Waals surface area contributed by atoms with Gasteiger partial charge in [0.25, 0.3) is 17.5 Å². The molecule has 1 atom stereocenters. The number of amides is 2. The first kappa shape index (κ1) is 28.1. The van der Waals surface area contributed by atoms with Crippen LogP contribution in [0.15, 0.2) is 66.7 Å². The number of carbonyl (C=O) groups is 3. The summed E-state index contributed by atoms with van der Waals surface area (Å²) in [5.41, 5.74) is -1.07. The molecule has 0 radical (unpaired) electrons. The number of alkyl halides is 3. The van der Waals surface area contributed by atoms with Crippen molar-refractivity contribution in [3.8, 4) is 0 Å². The molecule has 0 aromatic heterocycles. The lowest BCUT2D eigenvalue weighted by Gasteiger charge is -2.19. The maximum absolute atomic E-state index is 13.1. The molecule has 0 saturated heterocycles. The maximum Gasteiger partial charge on any atom is 0.416 e. The van der Waals surface area contributed by atoms with Gasteiger partial charge in [-0.3, -0.25) is 24.5 Å². The van der Waals surface area contributed by atoms with E-state index in [2.05, 4.69) is 10.6 Å². The van der Waals surface area contributed by atoms with Gasteiger partial charge in [0.05, 0.1) is 21.2 Å². The number of nitro benzene ring substituents is 1. The van der Waals surface area contributed by atoms with Crippen molar-refractivity contribution in [1.29, 1.82) is 0 Å². The van der Waals surface area contributed by atoms with Crippen molar-refractivity contribution in [3.63, 3.8) is 0 Å². The van der Waals surface area contributed by atoms with E-state index in [4.69, 9.17) is 16.3 Å². The van der Waals surface area contributed by atoms with Crippen LogP contribution >= 0.6 is 11.6 Å². The van der Waals surface area contributed by atoms with Crippen LogP contribution in [0.2, 0.25) is 5.02 Å². The largest absolute Gasteiger partial charge is 0.446 e. The number of nitro groups is 1. The maximum atomic E-state index is 13.1. The molecule has 0 fully saturated rings. The second kappa shape index (κ2) is 11.7. The topological polar surface area (TPSA) is 128 Å². The summed E-state index contributed by atoms with van der Waals surface area (Å²) in [6.45, 7) is 0.776. The van der Waals surface area contributed by atoms with Crippen LogP contribution in [0, 0.1) is 17.0 Å². The molecule has 0 bridgehead atoms. The van der Waals surface area contributed by atoms with E-state index in [-0.39, 0.29) is 33.1 Å². The highest BCUT2D eigenvalue weighted by atomic mass is 35.5. The molecule has 3 rings (SSSR count). The molecule has 0 spiro atoms. The Balaban J connectivity index is 1.73. The zero-order valence-corrected chi connectivity index (χ0v) is 20.3. The molecule has 3 aromatic rings. The van der Waals surface area contributed by atoms with Crippen LogP contribution in [-0.2, 0) is 20.5 Å². The van der Waals surface area contributed by atoms with Crippen LogP contribution in [0.25, 0.3) is 0 Å². The zero-order valence-electron chi connectivity index (χ0n) is 19.5. The van der Waals surface area contributed by atoms with Crippen molar-refractivity contribution < 1.29 is 37.2 Å². The summed E-state index contributed by atoms with van der Waals surface area (Å²) in [4.78, 5) is 48.2. The number of hydrogen-bond acceptors (Lipinski definition) is 6. The van der Waals surface area contributed by atoms with E-state index in [1.165, 1.54) is 31.2 Å². The number of benzene rings is 3. The van der Waals surface area contributed by atoms with Crippen LogP contribution in [0.5, 0.6) is 0 Å². The minimum Gasteiger partial charge on any atom is -0.446 e. The summed E-state index contributed by atoms with van der Waals surface area (Å²) in [6.07, 6.45) is -6.27. The molecule has 38 heavy (non-hydrogen) atoms. The lowest BCUT2D eigenvalue weighted by atomic mass is 10.1. The van der Waals surface area contributed by atoms with E-state index in [0.717, 1.165) is 18.2 Å². The first-order chi connectivity index (χ1) is 17.9. The highest BCUT2D eigenvalue weighted by molar-refractivity contribution is 6.33. The average Bonchev–Trinajstić information content (AvgIpc) is 2.86. The van der Waals surface area contributed by atoms with Crippen LogP contribution < -0.4 is 10.6 Å². The van der Waals surface area contributed by atoms with Crippen molar-refractivity contribution in [1.82, 2.24) is 5.32 Å². The quantitative estimate of drug-likeness (QED) is 0.225. The van der Waals surface area contributed by atoms with Crippen LogP contribution in [0.1, 0.15) is 33.2 Å². The predicted molar refractivity (Wildman–Crippen MR) is 131 cm³/mol. The third kappa shape index (κ3) is 7.07. The first-order valence-corrected chi connectivity index (χ1v) is 11.2. The van der Waals surface area contributed by atoms with E-state index >= 15 is 0 Å². The summed E-state index contributed by atoms with van der Waals surface area (Å²) < 4.78 is 44.5. The van der Waals surface area contributed by atoms with Crippen molar-refractivity contribution in [2.75, 3.05) is 11.9 Å². The highest BCUT2D eigenvalue weighted by Crippen LogP contribution is 2.34. The van der Waals surface area contributed by atoms with E-state index < -0.39 is 47.1 Å². The number of aryl methyl sites for hydroxylation is 1. The third-order valence-corrected chi connectivity index (χ3v) is 5.52. The van der Waals surface area contributed by atoms with Crippen molar-refractivity contribution in [2.45, 2.75) is 19.2 Å². The smallest absolute Gasteiger partial charge is 0.416 e. The number of nitrogens with one attached hydrogen (secondary N) is 2. The SMILES string of the molecule is Cc1cc(C(=O)NCC(=O)O[C@@H](C(=O)Nc2cc(C(F)(F)F)ccc2Cl)c2ccccc2)ccc1[N+](=O)[O-]. The Labute approximate surface area is 218 Å². The normalized spacial score (nSPS) is 11.8. The van der Waals surface area contributed by atoms with Gasteiger partial charge in [0, 0.05) is 22.8 Å². The average molecular weight is 550 g/mol. The van der Waals surface area contributed by atoms with Gasteiger partial charge in [0.1, 0.15) is 6.54 Å². The second-order valence-electron chi connectivity index (χ2n) is 7.90. The van der Waals surface area contributed by atoms with E-state index in [0.29, 0.717) is 6.07 Å². The van der Waals surface area contributed by atoms with Gasteiger partial charge in [-0.25, -0.2) is 0 Å². The molecule has 198 valence electrons. The zero-order chi connectivity index (χ0) is 28.0. The van der Waals surface area contributed by atoms with Crippen LogP contribution in [0.4, 0.5) is 24.5 Å². The number of nitrogens with zero attached hydrogens (tertiary/aromatic N) is 1. The Kier molecular flexibility index (Phi) is 8.68. The number of halogens is 4. The van der Waals surface area contributed by atoms with Gasteiger partial charge < -0.3 is 15.4 Å². The van der Waals surface area contributed by atoms with Crippen molar-refractivity contribution >= 4 is 40.8 Å². The fourth-order valence-corrected chi connectivity index (χ4v) is 3.49. The number of esters is 1. The molecular formula is C25H19ClF3N3O6. The number of hydrogen-bond donors (Lipinski definition) is 2. The van der Waals surface area contributed by atoms with E-state index in [1.807, 2.05) is 0 Å². The molecule has 13 heteroatoms. The highest BCUT2D eigenvalue weighted by Gasteiger charge is 2.32. The number of anilines is 1. The fraction of sp³-hybridized carbons (Fsp3) is 0.160. The molecule has 0 heterocycles. The third-order valence-electron chi connectivity index (χ3n) is 5.19. The Morgan fingerprint density at radius 2 is 1.74 bits per heavy atom. The predicted octanol–water partition coefficient (Wildman–Crippen LogP) is 5.23. The van der Waals surface area contributed by atoms with Gasteiger partial charge in [-0.05, 0) is 37.3 Å². The molecule has 3 aromatic carbocycles. The molecule has 0 aliphatic carbocycles. The lowest BCUT2D eigenvalue weighted by molar-refractivity contribution is -0.385. The minimum absolute atomic E-state index is 0.0532. The molecule has 9 nitrogen and oxygen atoms in total. The fourth-order valence-electron chi connectivity index (χ4n) is 3.33.